The van der Waals surface area contributed by atoms with E-state index in [1.807, 2.05) is 38.2 Å². The van der Waals surface area contributed by atoms with E-state index in [-0.39, 0.29) is 17.9 Å². The summed E-state index contributed by atoms with van der Waals surface area (Å²) in [5, 5.41) is 0. The molecule has 1 heterocycles. The summed E-state index contributed by atoms with van der Waals surface area (Å²) >= 11 is 7.51. The van der Waals surface area contributed by atoms with Crippen LogP contribution in [0.4, 0.5) is 4.39 Å². The molecular formula is C16H20ClFN2S. The zero-order chi connectivity index (χ0) is 15.4. The van der Waals surface area contributed by atoms with Crippen LogP contribution in [0, 0.1) is 5.82 Å². The lowest BCUT2D eigenvalue weighted by Crippen LogP contribution is -2.38. The molecule has 0 fully saturated rings. The molecule has 2 N–H and O–H groups in total. The van der Waals surface area contributed by atoms with Gasteiger partial charge in [-0.05, 0) is 31.7 Å². The number of hydrogen-bond acceptors (Lipinski definition) is 3. The summed E-state index contributed by atoms with van der Waals surface area (Å²) in [4.78, 5) is 3.24. The fraction of sp³-hybridized carbons (Fsp3) is 0.375. The number of hydrogen-bond donors (Lipinski definition) is 1. The highest BCUT2D eigenvalue weighted by Crippen LogP contribution is 2.29. The molecule has 0 amide bonds. The van der Waals surface area contributed by atoms with Crippen molar-refractivity contribution in [3.05, 3.63) is 57.0 Å². The molecule has 114 valence electrons. The Morgan fingerprint density at radius 2 is 2.00 bits per heavy atom. The van der Waals surface area contributed by atoms with E-state index in [2.05, 4.69) is 4.90 Å². The first-order chi connectivity index (χ1) is 10.0. The zero-order valence-corrected chi connectivity index (χ0v) is 13.8. The van der Waals surface area contributed by atoms with Gasteiger partial charge in [0.15, 0.2) is 0 Å². The van der Waals surface area contributed by atoms with E-state index in [0.29, 0.717) is 12.1 Å². The molecule has 2 rings (SSSR count). The van der Waals surface area contributed by atoms with Crippen LogP contribution >= 0.6 is 22.9 Å². The number of rotatable bonds is 6. The average molecular weight is 327 g/mol. The van der Waals surface area contributed by atoms with Gasteiger partial charge in [0, 0.05) is 23.0 Å². The molecule has 0 saturated heterocycles. The van der Waals surface area contributed by atoms with Crippen LogP contribution < -0.4 is 5.73 Å². The summed E-state index contributed by atoms with van der Waals surface area (Å²) in [6.45, 7) is 2.72. The Bertz CT molecular complexity index is 587. The van der Waals surface area contributed by atoms with Crippen molar-refractivity contribution in [2.75, 3.05) is 7.05 Å². The second kappa shape index (κ2) is 7.36. The van der Waals surface area contributed by atoms with Crippen LogP contribution in [0.1, 0.15) is 29.8 Å². The van der Waals surface area contributed by atoms with Crippen LogP contribution in [-0.4, -0.2) is 18.0 Å². The molecule has 0 radical (unpaired) electrons. The van der Waals surface area contributed by atoms with Gasteiger partial charge in [0.25, 0.3) is 0 Å². The third-order valence-electron chi connectivity index (χ3n) is 3.61. The van der Waals surface area contributed by atoms with E-state index in [0.717, 1.165) is 15.6 Å². The number of benzene rings is 1. The predicted molar refractivity (Wildman–Crippen MR) is 88.2 cm³/mol. The van der Waals surface area contributed by atoms with Gasteiger partial charge in [-0.1, -0.05) is 36.7 Å². The average Bonchev–Trinajstić information content (AvgIpc) is 2.86. The second-order valence-electron chi connectivity index (χ2n) is 5.16. The van der Waals surface area contributed by atoms with E-state index in [4.69, 9.17) is 17.3 Å². The minimum atomic E-state index is -0.206. The normalized spacial score (nSPS) is 14.4. The predicted octanol–water partition coefficient (Wildman–Crippen LogP) is 4.45. The van der Waals surface area contributed by atoms with Crippen molar-refractivity contribution in [1.82, 2.24) is 4.90 Å². The largest absolute Gasteiger partial charge is 0.326 e. The van der Waals surface area contributed by atoms with Gasteiger partial charge >= 0.3 is 0 Å². The van der Waals surface area contributed by atoms with Crippen LogP contribution in [0.5, 0.6) is 0 Å². The first-order valence-corrected chi connectivity index (χ1v) is 8.16. The standard InChI is InChI=1S/C16H20ClFN2S/c1-3-14(19)16(12-6-4-5-7-13(12)18)20(2)10-11-8-9-15(17)21-11/h4-9,14,16H,3,10,19H2,1-2H3. The molecule has 2 unspecified atom stereocenters. The van der Waals surface area contributed by atoms with Crippen molar-refractivity contribution in [3.8, 4) is 0 Å². The Morgan fingerprint density at radius 3 is 2.57 bits per heavy atom. The fourth-order valence-corrected chi connectivity index (χ4v) is 3.67. The third-order valence-corrected chi connectivity index (χ3v) is 4.83. The molecule has 2 nitrogen and oxygen atoms in total. The molecule has 21 heavy (non-hydrogen) atoms. The lowest BCUT2D eigenvalue weighted by Gasteiger charge is -2.32. The van der Waals surface area contributed by atoms with Crippen LogP contribution in [0.3, 0.4) is 0 Å². The molecule has 5 heteroatoms. The maximum atomic E-state index is 14.1. The minimum Gasteiger partial charge on any atom is -0.326 e. The van der Waals surface area contributed by atoms with Crippen molar-refractivity contribution >= 4 is 22.9 Å². The zero-order valence-electron chi connectivity index (χ0n) is 12.2. The van der Waals surface area contributed by atoms with Gasteiger partial charge in [-0.2, -0.15) is 0 Å². The number of likely N-dealkylation sites (N-methyl/N-ethyl adjacent to an activating group) is 1. The maximum Gasteiger partial charge on any atom is 0.128 e. The molecule has 0 bridgehead atoms. The first-order valence-electron chi connectivity index (χ1n) is 6.97. The summed E-state index contributed by atoms with van der Waals surface area (Å²) in [6, 6.07) is 10.5. The highest BCUT2D eigenvalue weighted by molar-refractivity contribution is 7.16. The molecule has 2 aromatic rings. The maximum absolute atomic E-state index is 14.1. The fourth-order valence-electron chi connectivity index (χ4n) is 2.51. The van der Waals surface area contributed by atoms with Crippen LogP contribution in [0.2, 0.25) is 4.34 Å². The van der Waals surface area contributed by atoms with Crippen molar-refractivity contribution in [2.45, 2.75) is 32.0 Å². The van der Waals surface area contributed by atoms with Gasteiger partial charge in [0.2, 0.25) is 0 Å². The summed E-state index contributed by atoms with van der Waals surface area (Å²) in [5.41, 5.74) is 6.90. The van der Waals surface area contributed by atoms with Crippen LogP contribution in [0.15, 0.2) is 36.4 Å². The van der Waals surface area contributed by atoms with Gasteiger partial charge < -0.3 is 5.73 Å². The van der Waals surface area contributed by atoms with Gasteiger partial charge in [-0.3, -0.25) is 4.90 Å². The topological polar surface area (TPSA) is 29.3 Å². The van der Waals surface area contributed by atoms with Crippen molar-refractivity contribution in [1.29, 1.82) is 0 Å². The third kappa shape index (κ3) is 4.04. The Kier molecular flexibility index (Phi) is 5.76. The molecule has 2 atom stereocenters. The molecular weight excluding hydrogens is 307 g/mol. The van der Waals surface area contributed by atoms with Crippen molar-refractivity contribution < 1.29 is 4.39 Å². The lowest BCUT2D eigenvalue weighted by molar-refractivity contribution is 0.199. The Balaban J connectivity index is 2.25. The molecule has 0 aliphatic carbocycles. The molecule has 1 aromatic carbocycles. The number of nitrogens with two attached hydrogens (primary N) is 1. The molecule has 0 saturated carbocycles. The summed E-state index contributed by atoms with van der Waals surface area (Å²) in [5.74, 6) is -0.206. The van der Waals surface area contributed by atoms with E-state index < -0.39 is 0 Å². The SMILES string of the molecule is CCC(N)C(c1ccccc1F)N(C)Cc1ccc(Cl)s1. The molecule has 0 aliphatic heterocycles. The number of halogens is 2. The summed E-state index contributed by atoms with van der Waals surface area (Å²) in [6.07, 6.45) is 0.786. The number of nitrogens with zero attached hydrogens (tertiary/aromatic N) is 1. The van der Waals surface area contributed by atoms with E-state index >= 15 is 0 Å². The van der Waals surface area contributed by atoms with Crippen LogP contribution in [-0.2, 0) is 6.54 Å². The number of thiophene rings is 1. The second-order valence-corrected chi connectivity index (χ2v) is 6.96. The van der Waals surface area contributed by atoms with E-state index in [1.165, 1.54) is 6.07 Å². The van der Waals surface area contributed by atoms with Gasteiger partial charge in [0.1, 0.15) is 5.82 Å². The van der Waals surface area contributed by atoms with Crippen molar-refractivity contribution in [3.63, 3.8) is 0 Å². The van der Waals surface area contributed by atoms with Gasteiger partial charge in [-0.15, -0.1) is 11.3 Å². The van der Waals surface area contributed by atoms with Gasteiger partial charge in [0.05, 0.1) is 10.4 Å². The lowest BCUT2D eigenvalue weighted by atomic mass is 9.96. The highest BCUT2D eigenvalue weighted by atomic mass is 35.5. The van der Waals surface area contributed by atoms with Crippen molar-refractivity contribution in [2.24, 2.45) is 5.73 Å². The molecule has 1 aromatic heterocycles. The smallest absolute Gasteiger partial charge is 0.128 e. The Morgan fingerprint density at radius 1 is 1.29 bits per heavy atom. The summed E-state index contributed by atoms with van der Waals surface area (Å²) in [7, 11) is 1.97. The molecule has 0 aliphatic rings. The Hall–Kier alpha value is -0.940. The first kappa shape index (κ1) is 16.4. The minimum absolute atomic E-state index is 0.123. The van der Waals surface area contributed by atoms with E-state index in [1.54, 1.807) is 17.4 Å². The Labute approximate surface area is 134 Å². The molecule has 0 spiro atoms. The quantitative estimate of drug-likeness (QED) is 0.849. The monoisotopic (exact) mass is 326 g/mol. The highest BCUT2D eigenvalue weighted by Gasteiger charge is 2.25. The van der Waals surface area contributed by atoms with E-state index in [9.17, 15) is 4.39 Å². The summed E-state index contributed by atoms with van der Waals surface area (Å²) < 4.78 is 14.9. The van der Waals surface area contributed by atoms with Gasteiger partial charge in [-0.25, -0.2) is 4.39 Å². The van der Waals surface area contributed by atoms with Crippen LogP contribution in [0.25, 0.3) is 0 Å².